The number of nitrogens with one attached hydrogen (secondary N) is 1. The molecular formula is C6H13NO2. The monoisotopic (exact) mass is 131 g/mol. The summed E-state index contributed by atoms with van der Waals surface area (Å²) in [5.41, 5.74) is 0. The number of carboxylic acids is 1. The fourth-order valence-electron chi connectivity index (χ4n) is 0.519. The predicted octanol–water partition coefficient (Wildman–Crippen LogP) is 0.459. The molecule has 1 aliphatic rings. The van der Waals surface area contributed by atoms with Crippen LogP contribution < -0.4 is 5.32 Å². The highest BCUT2D eigenvalue weighted by atomic mass is 16.4. The van der Waals surface area contributed by atoms with Crippen molar-refractivity contribution in [2.24, 2.45) is 0 Å². The number of hydrogen-bond donors (Lipinski definition) is 2. The lowest BCUT2D eigenvalue weighted by Gasteiger charge is -1.93. The molecule has 2 N–H and O–H groups in total. The minimum Gasteiger partial charge on any atom is -0.480 e. The second-order valence-electron chi connectivity index (χ2n) is 2.05. The average molecular weight is 131 g/mol. The zero-order chi connectivity index (χ0) is 5.98. The number of hydrogen-bond acceptors (Lipinski definition) is 2. The Balaban J connectivity index is 0.000000640. The zero-order valence-electron chi connectivity index (χ0n) is 4.55. The molecule has 0 heterocycles. The number of carboxylic acid groups (broad SMARTS) is 1. The third-order valence-electron chi connectivity index (χ3n) is 1.12. The summed E-state index contributed by atoms with van der Waals surface area (Å²) in [7, 11) is 0. The summed E-state index contributed by atoms with van der Waals surface area (Å²) in [6.07, 6.45) is 2.29. The van der Waals surface area contributed by atoms with Crippen LogP contribution in [0.25, 0.3) is 0 Å². The summed E-state index contributed by atoms with van der Waals surface area (Å²) in [5, 5.41) is 11.0. The molecule has 0 bridgehead atoms. The molecule has 9 heavy (non-hydrogen) atoms. The molecule has 0 unspecified atom stereocenters. The third kappa shape index (κ3) is 3.97. The molecule has 0 radical (unpaired) electrons. The SMILES string of the molecule is C.O=C(O)CNC1CC1. The van der Waals surface area contributed by atoms with Gasteiger partial charge >= 0.3 is 5.97 Å². The van der Waals surface area contributed by atoms with E-state index in [0.717, 1.165) is 12.8 Å². The lowest BCUT2D eigenvalue weighted by Crippen LogP contribution is -2.24. The van der Waals surface area contributed by atoms with E-state index >= 15 is 0 Å². The van der Waals surface area contributed by atoms with Crippen LogP contribution in [0.15, 0.2) is 0 Å². The standard InChI is InChI=1S/C5H9NO2.CH4/c7-5(8)3-6-4-1-2-4;/h4,6H,1-3H2,(H,7,8);1H4. The molecule has 0 spiro atoms. The van der Waals surface area contributed by atoms with E-state index in [1.54, 1.807) is 0 Å². The summed E-state index contributed by atoms with van der Waals surface area (Å²) in [6.45, 7) is 0.116. The Morgan fingerprint density at radius 3 is 2.56 bits per heavy atom. The Bertz CT molecular complexity index is 99.2. The van der Waals surface area contributed by atoms with Crippen LogP contribution in [0.5, 0.6) is 0 Å². The predicted molar refractivity (Wildman–Crippen MR) is 35.4 cm³/mol. The second-order valence-corrected chi connectivity index (χ2v) is 2.05. The van der Waals surface area contributed by atoms with Crippen molar-refractivity contribution in [2.75, 3.05) is 6.54 Å². The van der Waals surface area contributed by atoms with Gasteiger partial charge in [-0.05, 0) is 12.8 Å². The zero-order valence-corrected chi connectivity index (χ0v) is 4.55. The normalized spacial score (nSPS) is 16.4. The van der Waals surface area contributed by atoms with Crippen LogP contribution in [0, 0.1) is 0 Å². The van der Waals surface area contributed by atoms with Crippen LogP contribution in [0.3, 0.4) is 0 Å². The van der Waals surface area contributed by atoms with Gasteiger partial charge in [-0.15, -0.1) is 0 Å². The van der Waals surface area contributed by atoms with Crippen LogP contribution in [0.2, 0.25) is 0 Å². The highest BCUT2D eigenvalue weighted by Gasteiger charge is 2.20. The van der Waals surface area contributed by atoms with Gasteiger partial charge in [0.05, 0.1) is 6.54 Å². The van der Waals surface area contributed by atoms with Gasteiger partial charge in [-0.3, -0.25) is 4.79 Å². The third-order valence-corrected chi connectivity index (χ3v) is 1.12. The lowest BCUT2D eigenvalue weighted by atomic mass is 10.6. The first-order valence-electron chi connectivity index (χ1n) is 2.74. The molecule has 0 saturated heterocycles. The van der Waals surface area contributed by atoms with Gasteiger partial charge in [0, 0.05) is 6.04 Å². The topological polar surface area (TPSA) is 49.3 Å². The fourth-order valence-corrected chi connectivity index (χ4v) is 0.519. The van der Waals surface area contributed by atoms with Gasteiger partial charge in [0.15, 0.2) is 0 Å². The maximum absolute atomic E-state index is 9.87. The van der Waals surface area contributed by atoms with E-state index in [0.29, 0.717) is 6.04 Å². The van der Waals surface area contributed by atoms with Crippen molar-refractivity contribution >= 4 is 5.97 Å². The van der Waals surface area contributed by atoms with E-state index in [-0.39, 0.29) is 14.0 Å². The van der Waals surface area contributed by atoms with Gasteiger partial charge in [-0.2, -0.15) is 0 Å². The van der Waals surface area contributed by atoms with Gasteiger partial charge in [-0.1, -0.05) is 7.43 Å². The van der Waals surface area contributed by atoms with Gasteiger partial charge in [0.25, 0.3) is 0 Å². The van der Waals surface area contributed by atoms with Crippen LogP contribution in [-0.2, 0) is 4.79 Å². The molecule has 0 aromatic carbocycles. The number of rotatable bonds is 3. The first kappa shape index (κ1) is 8.43. The molecule has 1 fully saturated rings. The van der Waals surface area contributed by atoms with Gasteiger partial charge in [0.1, 0.15) is 0 Å². The molecule has 0 aromatic heterocycles. The molecular weight excluding hydrogens is 118 g/mol. The average Bonchev–Trinajstić information content (AvgIpc) is 2.41. The van der Waals surface area contributed by atoms with E-state index in [9.17, 15) is 4.79 Å². The van der Waals surface area contributed by atoms with E-state index in [1.165, 1.54) is 0 Å². The first-order chi connectivity index (χ1) is 3.79. The minimum absolute atomic E-state index is 0. The Morgan fingerprint density at radius 1 is 1.67 bits per heavy atom. The molecule has 54 valence electrons. The molecule has 0 amide bonds. The summed E-state index contributed by atoms with van der Waals surface area (Å²) >= 11 is 0. The molecule has 1 aliphatic carbocycles. The number of aliphatic carboxylic acids is 1. The Labute approximate surface area is 55.1 Å². The van der Waals surface area contributed by atoms with Crippen LogP contribution in [0.1, 0.15) is 20.3 Å². The molecule has 0 atom stereocenters. The Kier molecular flexibility index (Phi) is 3.24. The Hall–Kier alpha value is -0.570. The number of carbonyl (C=O) groups is 1. The highest BCUT2D eigenvalue weighted by Crippen LogP contribution is 2.17. The molecule has 1 rings (SSSR count). The summed E-state index contributed by atoms with van der Waals surface area (Å²) in [4.78, 5) is 9.87. The van der Waals surface area contributed by atoms with Crippen molar-refractivity contribution in [1.29, 1.82) is 0 Å². The van der Waals surface area contributed by atoms with Crippen molar-refractivity contribution in [2.45, 2.75) is 26.3 Å². The van der Waals surface area contributed by atoms with Crippen LogP contribution >= 0.6 is 0 Å². The molecule has 0 aliphatic heterocycles. The van der Waals surface area contributed by atoms with Crippen molar-refractivity contribution in [3.05, 3.63) is 0 Å². The molecule has 3 heteroatoms. The smallest absolute Gasteiger partial charge is 0.317 e. The maximum atomic E-state index is 9.87. The minimum atomic E-state index is -0.767. The fraction of sp³-hybridized carbons (Fsp3) is 0.833. The van der Waals surface area contributed by atoms with Crippen molar-refractivity contribution in [3.8, 4) is 0 Å². The maximum Gasteiger partial charge on any atom is 0.317 e. The molecule has 0 aromatic rings. The van der Waals surface area contributed by atoms with E-state index in [4.69, 9.17) is 5.11 Å². The first-order valence-corrected chi connectivity index (χ1v) is 2.74. The summed E-state index contributed by atoms with van der Waals surface area (Å²) in [5.74, 6) is -0.767. The quantitative estimate of drug-likeness (QED) is 0.585. The molecule has 3 nitrogen and oxygen atoms in total. The van der Waals surface area contributed by atoms with Crippen molar-refractivity contribution in [1.82, 2.24) is 5.32 Å². The Morgan fingerprint density at radius 2 is 2.22 bits per heavy atom. The van der Waals surface area contributed by atoms with Crippen molar-refractivity contribution in [3.63, 3.8) is 0 Å². The van der Waals surface area contributed by atoms with Gasteiger partial charge in [-0.25, -0.2) is 0 Å². The highest BCUT2D eigenvalue weighted by molar-refractivity contribution is 5.69. The van der Waals surface area contributed by atoms with Crippen LogP contribution in [0.4, 0.5) is 0 Å². The van der Waals surface area contributed by atoms with Gasteiger partial charge < -0.3 is 10.4 Å². The van der Waals surface area contributed by atoms with E-state index < -0.39 is 5.97 Å². The van der Waals surface area contributed by atoms with E-state index in [2.05, 4.69) is 5.32 Å². The lowest BCUT2D eigenvalue weighted by molar-refractivity contribution is -0.136. The summed E-state index contributed by atoms with van der Waals surface area (Å²) < 4.78 is 0. The van der Waals surface area contributed by atoms with Crippen LogP contribution in [-0.4, -0.2) is 23.7 Å². The van der Waals surface area contributed by atoms with Crippen molar-refractivity contribution < 1.29 is 9.90 Å². The summed E-state index contributed by atoms with van der Waals surface area (Å²) in [6, 6.07) is 0.506. The molecule has 1 saturated carbocycles. The van der Waals surface area contributed by atoms with Gasteiger partial charge in [0.2, 0.25) is 0 Å². The largest absolute Gasteiger partial charge is 0.480 e. The van der Waals surface area contributed by atoms with E-state index in [1.807, 2.05) is 0 Å². The second kappa shape index (κ2) is 3.45.